The maximum absolute atomic E-state index is 6.70. The van der Waals surface area contributed by atoms with Gasteiger partial charge in [-0.15, -0.1) is 0 Å². The average molecular weight is 547 g/mol. The van der Waals surface area contributed by atoms with Gasteiger partial charge in [0, 0.05) is 13.2 Å². The molecule has 4 aromatic carbocycles. The van der Waals surface area contributed by atoms with Gasteiger partial charge in [0.1, 0.15) is 0 Å². The quantitative estimate of drug-likeness (QED) is 0.167. The van der Waals surface area contributed by atoms with Crippen LogP contribution >= 0.6 is 0 Å². The van der Waals surface area contributed by atoms with E-state index in [1.54, 1.807) is 0 Å². The van der Waals surface area contributed by atoms with Crippen molar-refractivity contribution < 1.29 is 8.85 Å². The second-order valence-corrected chi connectivity index (χ2v) is 15.7. The summed E-state index contributed by atoms with van der Waals surface area (Å²) in [5.74, 6) is 0. The van der Waals surface area contributed by atoms with Gasteiger partial charge in [0.05, 0.1) is 5.41 Å². The van der Waals surface area contributed by atoms with Crippen LogP contribution in [0.2, 0.25) is 10.1 Å². The summed E-state index contributed by atoms with van der Waals surface area (Å²) >= 11 is 0. The molecule has 0 aromatic heterocycles. The van der Waals surface area contributed by atoms with Crippen LogP contribution in [0.5, 0.6) is 0 Å². The molecule has 0 unspecified atom stereocenters. The normalized spacial score (nSPS) is 14.2. The highest BCUT2D eigenvalue weighted by molar-refractivity contribution is 6.32. The highest BCUT2D eigenvalue weighted by Gasteiger charge is 2.44. The lowest BCUT2D eigenvalue weighted by Crippen LogP contribution is -2.39. The Balaban J connectivity index is 1.36. The van der Waals surface area contributed by atoms with Crippen LogP contribution in [0.15, 0.2) is 109 Å². The molecule has 1 aliphatic rings. The predicted molar refractivity (Wildman–Crippen MR) is 164 cm³/mol. The number of benzene rings is 4. The van der Waals surface area contributed by atoms with Gasteiger partial charge in [-0.05, 0) is 56.3 Å². The molecule has 1 aliphatic carbocycles. The molecule has 0 bridgehead atoms. The Hall–Kier alpha value is -2.77. The number of hydrogen-bond acceptors (Lipinski definition) is 2. The van der Waals surface area contributed by atoms with Crippen molar-refractivity contribution in [3.8, 4) is 11.1 Å². The van der Waals surface area contributed by atoms with Gasteiger partial charge in [0.2, 0.25) is 19.5 Å². The second kappa shape index (κ2) is 11.8. The molecular weight excluding hydrogens is 509 g/mol. The topological polar surface area (TPSA) is 18.5 Å². The summed E-state index contributed by atoms with van der Waals surface area (Å²) in [4.78, 5) is 0. The van der Waals surface area contributed by atoms with Gasteiger partial charge in [-0.1, -0.05) is 137 Å². The summed E-state index contributed by atoms with van der Waals surface area (Å²) in [5.41, 5.74) is 7.65. The van der Waals surface area contributed by atoms with Crippen LogP contribution < -0.4 is 0 Å². The monoisotopic (exact) mass is 546 g/mol. The van der Waals surface area contributed by atoms with Crippen molar-refractivity contribution >= 4 is 19.5 Å². The molecule has 4 aromatic rings. The van der Waals surface area contributed by atoms with E-state index >= 15 is 0 Å². The maximum atomic E-state index is 6.70. The maximum Gasteiger partial charge on any atom is 0.236 e. The SMILES string of the molecule is CC(C)(Cc1ccccc1)[Si]OCC1(CO[Si]C(C)(C)Cc2ccccc2)c2ccccc2-c2ccccc21. The Morgan fingerprint density at radius 1 is 0.513 bits per heavy atom. The number of rotatable bonds is 12. The Morgan fingerprint density at radius 3 is 1.28 bits per heavy atom. The zero-order valence-corrected chi connectivity index (χ0v) is 25.5. The zero-order valence-electron chi connectivity index (χ0n) is 23.5. The number of fused-ring (bicyclic) bond motifs is 3. The lowest BCUT2D eigenvalue weighted by Gasteiger charge is -2.34. The molecule has 4 radical (unpaired) electrons. The number of hydrogen-bond donors (Lipinski definition) is 0. The smallest absolute Gasteiger partial charge is 0.236 e. The van der Waals surface area contributed by atoms with E-state index in [2.05, 4.69) is 137 Å². The van der Waals surface area contributed by atoms with E-state index in [1.165, 1.54) is 33.4 Å². The van der Waals surface area contributed by atoms with Crippen LogP contribution in [-0.4, -0.2) is 32.7 Å². The first-order valence-electron chi connectivity index (χ1n) is 13.8. The van der Waals surface area contributed by atoms with Gasteiger partial charge >= 0.3 is 0 Å². The molecule has 0 N–H and O–H groups in total. The van der Waals surface area contributed by atoms with Crippen LogP contribution in [-0.2, 0) is 27.1 Å². The Labute approximate surface area is 239 Å². The van der Waals surface area contributed by atoms with E-state index in [0.29, 0.717) is 32.7 Å². The summed E-state index contributed by atoms with van der Waals surface area (Å²) in [6.45, 7) is 10.5. The summed E-state index contributed by atoms with van der Waals surface area (Å²) in [7, 11) is 0.777. The van der Waals surface area contributed by atoms with Gasteiger partial charge in [-0.2, -0.15) is 0 Å². The van der Waals surface area contributed by atoms with E-state index in [1.807, 2.05) is 0 Å². The molecule has 0 atom stereocenters. The minimum absolute atomic E-state index is 0.0560. The first kappa shape index (κ1) is 27.8. The predicted octanol–water partition coefficient (Wildman–Crippen LogP) is 8.11. The van der Waals surface area contributed by atoms with Gasteiger partial charge in [0.25, 0.3) is 0 Å². The molecule has 5 rings (SSSR count). The summed E-state index contributed by atoms with van der Waals surface area (Å²) in [5, 5.41) is 0.112. The Kier molecular flexibility index (Phi) is 8.39. The van der Waals surface area contributed by atoms with Crippen LogP contribution in [0.3, 0.4) is 0 Å². The molecule has 0 spiro atoms. The Bertz CT molecular complexity index is 1260. The van der Waals surface area contributed by atoms with E-state index < -0.39 is 0 Å². The first-order chi connectivity index (χ1) is 18.8. The zero-order chi connectivity index (χ0) is 27.3. The molecule has 0 fully saturated rings. The summed E-state index contributed by atoms with van der Waals surface area (Å²) in [6.07, 6.45) is 2.00. The molecule has 0 heterocycles. The fourth-order valence-corrected chi connectivity index (χ4v) is 7.73. The van der Waals surface area contributed by atoms with Gasteiger partial charge in [-0.25, -0.2) is 0 Å². The molecule has 0 aliphatic heterocycles. The van der Waals surface area contributed by atoms with Crippen molar-refractivity contribution in [3.63, 3.8) is 0 Å². The Morgan fingerprint density at radius 2 is 0.872 bits per heavy atom. The lowest BCUT2D eigenvalue weighted by molar-refractivity contribution is 0.172. The molecule has 4 heteroatoms. The van der Waals surface area contributed by atoms with Crippen molar-refractivity contribution in [3.05, 3.63) is 131 Å². The van der Waals surface area contributed by atoms with Crippen LogP contribution in [0.25, 0.3) is 11.1 Å². The molecule has 2 nitrogen and oxygen atoms in total. The molecule has 39 heavy (non-hydrogen) atoms. The van der Waals surface area contributed by atoms with Crippen molar-refractivity contribution in [1.29, 1.82) is 0 Å². The van der Waals surface area contributed by atoms with Crippen molar-refractivity contribution in [2.75, 3.05) is 13.2 Å². The second-order valence-electron chi connectivity index (χ2n) is 12.0. The molecule has 0 saturated heterocycles. The summed E-state index contributed by atoms with van der Waals surface area (Å²) in [6, 6.07) is 39.1. The van der Waals surface area contributed by atoms with Crippen molar-refractivity contribution in [2.45, 2.75) is 56.0 Å². The fourth-order valence-electron chi connectivity index (χ4n) is 5.76. The first-order valence-corrected chi connectivity index (χ1v) is 15.6. The molecule has 0 amide bonds. The highest BCUT2D eigenvalue weighted by Crippen LogP contribution is 2.49. The van der Waals surface area contributed by atoms with Gasteiger partial charge in [0.15, 0.2) is 0 Å². The van der Waals surface area contributed by atoms with Gasteiger partial charge < -0.3 is 8.85 Å². The van der Waals surface area contributed by atoms with Gasteiger partial charge in [-0.3, -0.25) is 0 Å². The molecular formula is C35H38O2Si2. The third kappa shape index (κ3) is 6.52. The van der Waals surface area contributed by atoms with Crippen LogP contribution in [0.4, 0.5) is 0 Å². The third-order valence-electron chi connectivity index (χ3n) is 7.49. The lowest BCUT2D eigenvalue weighted by atomic mass is 9.80. The van der Waals surface area contributed by atoms with E-state index in [0.717, 1.165) is 12.8 Å². The minimum atomic E-state index is -0.321. The van der Waals surface area contributed by atoms with Crippen LogP contribution in [0, 0.1) is 0 Å². The highest BCUT2D eigenvalue weighted by atomic mass is 28.2. The van der Waals surface area contributed by atoms with Crippen molar-refractivity contribution in [2.24, 2.45) is 0 Å². The summed E-state index contributed by atoms with van der Waals surface area (Å²) < 4.78 is 13.4. The largest absolute Gasteiger partial charge is 0.416 e. The van der Waals surface area contributed by atoms with E-state index in [-0.39, 0.29) is 15.5 Å². The van der Waals surface area contributed by atoms with E-state index in [4.69, 9.17) is 8.85 Å². The fraction of sp³-hybridized carbons (Fsp3) is 0.314. The minimum Gasteiger partial charge on any atom is -0.416 e. The molecule has 0 saturated carbocycles. The molecule has 198 valence electrons. The average Bonchev–Trinajstić information content (AvgIpc) is 3.19. The van der Waals surface area contributed by atoms with E-state index in [9.17, 15) is 0 Å². The van der Waals surface area contributed by atoms with Crippen LogP contribution in [0.1, 0.15) is 49.9 Å². The standard InChI is InChI=1S/C35H38O2Si2/c1-33(2,23-27-15-7-5-8-16-27)38-36-25-35(26-37-39-34(3,4)24-28-17-9-6-10-18-28)31-21-13-11-19-29(31)30-20-12-14-22-32(30)35/h5-22H,23-26H2,1-4H3. The third-order valence-corrected chi connectivity index (χ3v) is 9.52. The van der Waals surface area contributed by atoms with Crippen molar-refractivity contribution in [1.82, 2.24) is 0 Å².